The molecular weight excluding hydrogens is 394 g/mol. The lowest BCUT2D eigenvalue weighted by Crippen LogP contribution is -2.46. The molecule has 11 nitrogen and oxygen atoms in total. The predicted octanol–water partition coefficient (Wildman–Crippen LogP) is 3.39. The molecule has 1 aliphatic rings. The number of nitro benzene ring substituents is 3. The van der Waals surface area contributed by atoms with Gasteiger partial charge < -0.3 is 9.80 Å². The molecule has 0 aliphatic carbocycles. The summed E-state index contributed by atoms with van der Waals surface area (Å²) < 4.78 is 0. The third-order valence-electron chi connectivity index (χ3n) is 4.46. The van der Waals surface area contributed by atoms with Crippen molar-refractivity contribution in [2.45, 2.75) is 0 Å². The molecule has 1 aliphatic heterocycles. The summed E-state index contributed by atoms with van der Waals surface area (Å²) in [6.07, 6.45) is 0. The first-order chi connectivity index (χ1) is 13.3. The van der Waals surface area contributed by atoms with Gasteiger partial charge in [-0.2, -0.15) is 0 Å². The van der Waals surface area contributed by atoms with E-state index in [9.17, 15) is 30.3 Å². The summed E-state index contributed by atoms with van der Waals surface area (Å²) in [7, 11) is 0. The Labute approximate surface area is 163 Å². The first-order valence-corrected chi connectivity index (χ1v) is 8.52. The molecule has 0 radical (unpaired) electrons. The molecular formula is C16H14ClN5O6. The molecule has 0 N–H and O–H groups in total. The van der Waals surface area contributed by atoms with Gasteiger partial charge in [0.2, 0.25) is 0 Å². The van der Waals surface area contributed by atoms with Gasteiger partial charge in [0.25, 0.3) is 17.1 Å². The molecule has 1 saturated heterocycles. The first-order valence-electron chi connectivity index (χ1n) is 8.14. The summed E-state index contributed by atoms with van der Waals surface area (Å²) in [5, 5.41) is 33.8. The zero-order valence-corrected chi connectivity index (χ0v) is 15.1. The first kappa shape index (κ1) is 19.3. The molecule has 146 valence electrons. The molecule has 0 spiro atoms. The minimum Gasteiger partial charge on any atom is -0.362 e. The topological polar surface area (TPSA) is 136 Å². The highest BCUT2D eigenvalue weighted by Crippen LogP contribution is 2.35. The minimum absolute atomic E-state index is 0.109. The van der Waals surface area contributed by atoms with E-state index in [1.54, 1.807) is 17.0 Å². The number of hydrogen-bond donors (Lipinski definition) is 0. The van der Waals surface area contributed by atoms with Crippen LogP contribution in [0.4, 0.5) is 28.4 Å². The van der Waals surface area contributed by atoms with Crippen LogP contribution in [0.3, 0.4) is 0 Å². The highest BCUT2D eigenvalue weighted by atomic mass is 35.5. The maximum atomic E-state index is 11.3. The third-order valence-corrected chi connectivity index (χ3v) is 4.70. The number of benzene rings is 2. The van der Waals surface area contributed by atoms with Gasteiger partial charge in [0.1, 0.15) is 11.4 Å². The van der Waals surface area contributed by atoms with Crippen LogP contribution >= 0.6 is 11.6 Å². The highest BCUT2D eigenvalue weighted by molar-refractivity contribution is 6.30. The van der Waals surface area contributed by atoms with E-state index in [0.717, 1.165) is 6.07 Å². The van der Waals surface area contributed by atoms with Gasteiger partial charge in [0.05, 0.1) is 20.8 Å². The lowest BCUT2D eigenvalue weighted by molar-refractivity contribution is -0.393. The van der Waals surface area contributed by atoms with Crippen LogP contribution in [0.5, 0.6) is 0 Å². The Kier molecular flexibility index (Phi) is 5.27. The van der Waals surface area contributed by atoms with Crippen molar-refractivity contribution in [3.63, 3.8) is 0 Å². The monoisotopic (exact) mass is 407 g/mol. The third kappa shape index (κ3) is 3.78. The van der Waals surface area contributed by atoms with Crippen LogP contribution in [0, 0.1) is 30.3 Å². The Morgan fingerprint density at radius 3 is 1.64 bits per heavy atom. The quantitative estimate of drug-likeness (QED) is 0.543. The fraction of sp³-hybridized carbons (Fsp3) is 0.250. The summed E-state index contributed by atoms with van der Waals surface area (Å²) in [6, 6.07) is 7.94. The number of nitro groups is 3. The lowest BCUT2D eigenvalue weighted by atomic mass is 10.1. The molecule has 2 aromatic rings. The molecule has 0 saturated carbocycles. The van der Waals surface area contributed by atoms with E-state index in [4.69, 9.17) is 11.6 Å². The SMILES string of the molecule is O=[N+]([O-])c1ccc(N2CCN(c3ccc(Cl)cc3[N+](=O)[O-])CC2)c([N+](=O)[O-])c1. The van der Waals surface area contributed by atoms with Crippen LogP contribution in [-0.2, 0) is 0 Å². The maximum Gasteiger partial charge on any atom is 0.299 e. The van der Waals surface area contributed by atoms with E-state index in [1.807, 2.05) is 4.90 Å². The fourth-order valence-corrected chi connectivity index (χ4v) is 3.30. The van der Waals surface area contributed by atoms with Crippen molar-refractivity contribution in [3.05, 3.63) is 71.8 Å². The van der Waals surface area contributed by atoms with E-state index in [1.165, 1.54) is 18.2 Å². The van der Waals surface area contributed by atoms with Crippen LogP contribution in [0.2, 0.25) is 5.02 Å². The Hall–Kier alpha value is -3.47. The number of anilines is 2. The minimum atomic E-state index is -0.686. The van der Waals surface area contributed by atoms with Crippen LogP contribution < -0.4 is 9.80 Å². The Morgan fingerprint density at radius 2 is 1.18 bits per heavy atom. The number of nitrogens with zero attached hydrogens (tertiary/aromatic N) is 5. The van der Waals surface area contributed by atoms with Gasteiger partial charge in [0, 0.05) is 43.3 Å². The summed E-state index contributed by atoms with van der Waals surface area (Å²) >= 11 is 5.84. The molecule has 0 unspecified atom stereocenters. The van der Waals surface area contributed by atoms with Gasteiger partial charge in [0.15, 0.2) is 0 Å². The van der Waals surface area contributed by atoms with Crippen molar-refractivity contribution in [2.75, 3.05) is 36.0 Å². The molecule has 2 aromatic carbocycles. The normalized spacial score (nSPS) is 14.0. The average Bonchev–Trinajstić information content (AvgIpc) is 2.67. The van der Waals surface area contributed by atoms with Crippen molar-refractivity contribution in [1.29, 1.82) is 0 Å². The standard InChI is InChI=1S/C16H14ClN5O6/c17-11-1-3-13(15(9-11)21(25)26)18-5-7-19(8-6-18)14-4-2-12(20(23)24)10-16(14)22(27)28/h1-4,9-10H,5-8H2. The van der Waals surface area contributed by atoms with Crippen LogP contribution in [0.1, 0.15) is 0 Å². The van der Waals surface area contributed by atoms with E-state index in [0.29, 0.717) is 31.9 Å². The largest absolute Gasteiger partial charge is 0.362 e. The Balaban J connectivity index is 1.82. The number of piperazine rings is 1. The predicted molar refractivity (Wildman–Crippen MR) is 102 cm³/mol. The zero-order valence-electron chi connectivity index (χ0n) is 14.4. The molecule has 3 rings (SSSR count). The highest BCUT2D eigenvalue weighted by Gasteiger charge is 2.28. The van der Waals surface area contributed by atoms with Crippen molar-refractivity contribution in [1.82, 2.24) is 0 Å². The van der Waals surface area contributed by atoms with Crippen LogP contribution in [0.25, 0.3) is 0 Å². The molecule has 0 atom stereocenters. The molecule has 1 heterocycles. The molecule has 0 aromatic heterocycles. The van der Waals surface area contributed by atoms with Crippen LogP contribution in [-0.4, -0.2) is 40.9 Å². The van der Waals surface area contributed by atoms with Gasteiger partial charge >= 0.3 is 0 Å². The second kappa shape index (κ2) is 7.64. The van der Waals surface area contributed by atoms with Crippen molar-refractivity contribution >= 4 is 40.0 Å². The van der Waals surface area contributed by atoms with E-state index < -0.39 is 14.8 Å². The van der Waals surface area contributed by atoms with E-state index in [2.05, 4.69) is 0 Å². The van der Waals surface area contributed by atoms with Gasteiger partial charge in [-0.25, -0.2) is 0 Å². The molecule has 0 bridgehead atoms. The van der Waals surface area contributed by atoms with Gasteiger partial charge in [-0.3, -0.25) is 30.3 Å². The van der Waals surface area contributed by atoms with Crippen molar-refractivity contribution in [3.8, 4) is 0 Å². The Morgan fingerprint density at radius 1 is 0.714 bits per heavy atom. The number of non-ortho nitro benzene ring substituents is 1. The fourth-order valence-electron chi connectivity index (χ4n) is 3.14. The van der Waals surface area contributed by atoms with Gasteiger partial charge in [-0.05, 0) is 18.2 Å². The molecule has 1 fully saturated rings. The van der Waals surface area contributed by atoms with Crippen molar-refractivity contribution < 1.29 is 14.8 Å². The summed E-state index contributed by atoms with van der Waals surface area (Å²) in [5.74, 6) is 0. The lowest BCUT2D eigenvalue weighted by Gasteiger charge is -2.36. The smallest absolute Gasteiger partial charge is 0.299 e. The number of rotatable bonds is 5. The molecule has 12 heteroatoms. The second-order valence-electron chi connectivity index (χ2n) is 6.05. The van der Waals surface area contributed by atoms with Crippen LogP contribution in [0.15, 0.2) is 36.4 Å². The molecule has 0 amide bonds. The second-order valence-corrected chi connectivity index (χ2v) is 6.49. The average molecular weight is 408 g/mol. The number of hydrogen-bond acceptors (Lipinski definition) is 8. The van der Waals surface area contributed by atoms with Gasteiger partial charge in [-0.1, -0.05) is 11.6 Å². The summed E-state index contributed by atoms with van der Waals surface area (Å²) in [5.41, 5.74) is -0.110. The van der Waals surface area contributed by atoms with E-state index >= 15 is 0 Å². The summed E-state index contributed by atoms with van der Waals surface area (Å²) in [6.45, 7) is 1.49. The molecule has 28 heavy (non-hydrogen) atoms. The zero-order chi connectivity index (χ0) is 20.4. The maximum absolute atomic E-state index is 11.3. The van der Waals surface area contributed by atoms with E-state index in [-0.39, 0.29) is 27.8 Å². The van der Waals surface area contributed by atoms with Gasteiger partial charge in [-0.15, -0.1) is 0 Å². The number of halogens is 1. The van der Waals surface area contributed by atoms with Crippen molar-refractivity contribution in [2.24, 2.45) is 0 Å². The summed E-state index contributed by atoms with van der Waals surface area (Å²) in [4.78, 5) is 35.2. The Bertz CT molecular complexity index is 961.